The number of hydrogen-bond acceptors (Lipinski definition) is 4. The molecule has 0 unspecified atom stereocenters. The lowest BCUT2D eigenvalue weighted by Crippen LogP contribution is -2.35. The number of rotatable bonds is 4. The van der Waals surface area contributed by atoms with Gasteiger partial charge in [-0.3, -0.25) is 10.2 Å². The molecule has 0 atom stereocenters. The Labute approximate surface area is 205 Å². The Balaban J connectivity index is 1.56. The molecule has 2 aliphatic heterocycles. The number of hydrogen-bond donors (Lipinski definition) is 1. The highest BCUT2D eigenvalue weighted by molar-refractivity contribution is 8.27. The van der Waals surface area contributed by atoms with Crippen molar-refractivity contribution in [2.75, 3.05) is 0 Å². The first-order chi connectivity index (χ1) is 15.8. The second-order valence-corrected chi connectivity index (χ2v) is 9.91. The van der Waals surface area contributed by atoms with Crippen LogP contribution in [0.4, 0.5) is 0 Å². The van der Waals surface area contributed by atoms with Crippen LogP contribution in [-0.2, 0) is 11.3 Å². The molecule has 1 amide bonds. The first-order valence-electron chi connectivity index (χ1n) is 10.3. The topological polar surface area (TPSA) is 73.8 Å². The Morgan fingerprint density at radius 3 is 2.73 bits per heavy atom. The van der Waals surface area contributed by atoms with Gasteiger partial charge in [0.1, 0.15) is 5.04 Å². The Bertz CT molecular complexity index is 1420. The molecule has 33 heavy (non-hydrogen) atoms. The van der Waals surface area contributed by atoms with Gasteiger partial charge in [0, 0.05) is 45.2 Å². The fourth-order valence-electron chi connectivity index (χ4n) is 3.75. The molecule has 3 aromatic rings. The largest absolute Gasteiger partial charge is 0.342 e. The molecule has 2 aliphatic rings. The van der Waals surface area contributed by atoms with E-state index >= 15 is 0 Å². The Kier molecular flexibility index (Phi) is 5.64. The molecule has 0 aliphatic carbocycles. The van der Waals surface area contributed by atoms with Gasteiger partial charge in [0.05, 0.1) is 5.57 Å². The number of thioether (sulfide) groups is 1. The van der Waals surface area contributed by atoms with Gasteiger partial charge in [0.15, 0.2) is 5.84 Å². The molecule has 0 fully saturated rings. The van der Waals surface area contributed by atoms with Crippen LogP contribution in [0.5, 0.6) is 0 Å². The van der Waals surface area contributed by atoms with Crippen LogP contribution in [0.1, 0.15) is 25.0 Å². The number of nitrogens with zero attached hydrogens (tertiary/aromatic N) is 4. The van der Waals surface area contributed by atoms with Crippen LogP contribution < -0.4 is 0 Å². The highest BCUT2D eigenvalue weighted by Crippen LogP contribution is 2.32. The van der Waals surface area contributed by atoms with Gasteiger partial charge in [-0.1, -0.05) is 61.3 Å². The maximum Gasteiger partial charge on any atom is 0.283 e. The van der Waals surface area contributed by atoms with Gasteiger partial charge in [-0.05, 0) is 41.6 Å². The minimum Gasteiger partial charge on any atom is -0.342 e. The number of amidine groups is 2. The molecule has 1 N–H and O–H groups in total. The molecule has 9 heteroatoms. The molecule has 2 aromatic carbocycles. The van der Waals surface area contributed by atoms with Crippen LogP contribution in [0, 0.1) is 11.3 Å². The summed E-state index contributed by atoms with van der Waals surface area (Å²) in [6.07, 6.45) is 3.69. The quantitative estimate of drug-likeness (QED) is 0.433. The monoisotopic (exact) mass is 495 g/mol. The lowest BCUT2D eigenvalue weighted by molar-refractivity contribution is -0.114. The summed E-state index contributed by atoms with van der Waals surface area (Å²) in [5.74, 6) is -0.210. The Morgan fingerprint density at radius 1 is 1.18 bits per heavy atom. The number of carbonyl (C=O) groups excluding carboxylic acids is 1. The fraction of sp³-hybridized carbons (Fsp3) is 0.167. The van der Waals surface area contributed by atoms with Crippen molar-refractivity contribution < 1.29 is 4.79 Å². The summed E-state index contributed by atoms with van der Waals surface area (Å²) >= 11 is 13.8. The average Bonchev–Trinajstić information content (AvgIpc) is 3.35. The maximum atomic E-state index is 12.8. The predicted octanol–water partition coefficient (Wildman–Crippen LogP) is 6.27. The smallest absolute Gasteiger partial charge is 0.283 e. The highest BCUT2D eigenvalue weighted by Gasteiger charge is 2.36. The number of aliphatic imine (C=N–C) groups is 1. The predicted molar refractivity (Wildman–Crippen MR) is 137 cm³/mol. The summed E-state index contributed by atoms with van der Waals surface area (Å²) in [4.78, 5) is 17.0. The van der Waals surface area contributed by atoms with Crippen LogP contribution in [0.3, 0.4) is 0 Å². The van der Waals surface area contributed by atoms with Crippen LogP contribution >= 0.6 is 35.0 Å². The molecule has 0 bridgehead atoms. The lowest BCUT2D eigenvalue weighted by atomic mass is 10.1. The van der Waals surface area contributed by atoms with Crippen LogP contribution in [0.15, 0.2) is 64.3 Å². The van der Waals surface area contributed by atoms with Gasteiger partial charge in [0.25, 0.3) is 5.91 Å². The van der Waals surface area contributed by atoms with Crippen LogP contribution in [0.25, 0.3) is 17.0 Å². The summed E-state index contributed by atoms with van der Waals surface area (Å²) in [6, 6.07) is 13.4. The van der Waals surface area contributed by atoms with Crippen molar-refractivity contribution in [3.8, 4) is 0 Å². The minimum atomic E-state index is -0.434. The molecule has 166 valence electrons. The zero-order valence-electron chi connectivity index (χ0n) is 17.8. The summed E-state index contributed by atoms with van der Waals surface area (Å²) in [6.45, 7) is 4.59. The van der Waals surface area contributed by atoms with E-state index in [1.807, 2.05) is 56.4 Å². The van der Waals surface area contributed by atoms with E-state index in [4.69, 9.17) is 28.6 Å². The SMILES string of the molecule is CC(C)C1=NN2C(=N)C(=Cc3cn(Cc4ccc(Cl)cc4Cl)c4ccccc34)C(=O)N=C2S1. The Morgan fingerprint density at radius 2 is 1.97 bits per heavy atom. The molecule has 5 rings (SSSR count). The average molecular weight is 496 g/mol. The van der Waals surface area contributed by atoms with Gasteiger partial charge >= 0.3 is 0 Å². The minimum absolute atomic E-state index is 0.0331. The number of carbonyl (C=O) groups is 1. The van der Waals surface area contributed by atoms with Crippen LogP contribution in [0.2, 0.25) is 10.0 Å². The van der Waals surface area contributed by atoms with Crippen molar-refractivity contribution in [1.29, 1.82) is 5.41 Å². The van der Waals surface area contributed by atoms with E-state index in [9.17, 15) is 4.79 Å². The number of amides is 1. The maximum absolute atomic E-state index is 12.8. The van der Waals surface area contributed by atoms with E-state index in [0.29, 0.717) is 21.8 Å². The summed E-state index contributed by atoms with van der Waals surface area (Å²) in [5.41, 5.74) is 2.95. The number of hydrazone groups is 1. The summed E-state index contributed by atoms with van der Waals surface area (Å²) < 4.78 is 2.07. The number of fused-ring (bicyclic) bond motifs is 2. The number of halogens is 2. The van der Waals surface area contributed by atoms with E-state index in [-0.39, 0.29) is 17.3 Å². The van der Waals surface area contributed by atoms with Gasteiger partial charge in [-0.25, -0.2) is 0 Å². The highest BCUT2D eigenvalue weighted by atomic mass is 35.5. The molecule has 0 spiro atoms. The number of para-hydroxylation sites is 1. The van der Waals surface area contributed by atoms with Gasteiger partial charge in [0.2, 0.25) is 5.17 Å². The molecule has 6 nitrogen and oxygen atoms in total. The van der Waals surface area contributed by atoms with Crippen molar-refractivity contribution in [2.24, 2.45) is 16.0 Å². The molecule has 3 heterocycles. The third kappa shape index (κ3) is 4.01. The zero-order chi connectivity index (χ0) is 23.3. The normalized spacial score (nSPS) is 17.2. The second-order valence-electron chi connectivity index (χ2n) is 8.08. The van der Waals surface area contributed by atoms with Crippen molar-refractivity contribution in [3.05, 3.63) is 75.4 Å². The Hall–Kier alpha value is -2.87. The van der Waals surface area contributed by atoms with E-state index in [1.165, 1.54) is 16.8 Å². The van der Waals surface area contributed by atoms with E-state index < -0.39 is 5.91 Å². The first kappa shape index (κ1) is 21.9. The third-order valence-corrected chi connectivity index (χ3v) is 7.24. The molecular formula is C24H19Cl2N5OS. The summed E-state index contributed by atoms with van der Waals surface area (Å²) in [7, 11) is 0. The standard InChI is InChI=1S/C24H19Cl2N5OS/c1-13(2)23-29-31-21(27)18(22(32)28-24(31)33-23)9-15-12-30(20-6-4-3-5-17(15)20)11-14-7-8-16(25)10-19(14)26/h3-10,12-13,27H,11H2,1-2H3. The molecule has 0 radical (unpaired) electrons. The van der Waals surface area contributed by atoms with E-state index in [0.717, 1.165) is 27.1 Å². The van der Waals surface area contributed by atoms with E-state index in [1.54, 1.807) is 12.1 Å². The van der Waals surface area contributed by atoms with Crippen molar-refractivity contribution in [2.45, 2.75) is 20.4 Å². The lowest BCUT2D eigenvalue weighted by Gasteiger charge is -2.20. The first-order valence-corrected chi connectivity index (χ1v) is 11.9. The molecule has 0 saturated carbocycles. The van der Waals surface area contributed by atoms with Crippen LogP contribution in [-0.4, -0.2) is 31.5 Å². The second kappa shape index (κ2) is 8.48. The number of aromatic nitrogens is 1. The molecule has 0 saturated heterocycles. The van der Waals surface area contributed by atoms with E-state index in [2.05, 4.69) is 14.7 Å². The van der Waals surface area contributed by atoms with Crippen molar-refractivity contribution >= 4 is 73.9 Å². The molecular weight excluding hydrogens is 477 g/mol. The van der Waals surface area contributed by atoms with Crippen molar-refractivity contribution in [1.82, 2.24) is 9.58 Å². The van der Waals surface area contributed by atoms with Crippen molar-refractivity contribution in [3.63, 3.8) is 0 Å². The third-order valence-electron chi connectivity index (χ3n) is 5.44. The van der Waals surface area contributed by atoms with Gasteiger partial charge < -0.3 is 4.57 Å². The summed E-state index contributed by atoms with van der Waals surface area (Å²) in [5, 5.41) is 18.0. The number of nitrogens with one attached hydrogen (secondary N) is 1. The van der Waals surface area contributed by atoms with Gasteiger partial charge in [-0.15, -0.1) is 0 Å². The number of benzene rings is 2. The molecule has 1 aromatic heterocycles. The zero-order valence-corrected chi connectivity index (χ0v) is 20.2. The fourth-order valence-corrected chi connectivity index (χ4v) is 5.11. The van der Waals surface area contributed by atoms with Gasteiger partial charge in [-0.2, -0.15) is 15.1 Å².